The largest absolute Gasteiger partial charge is 0.385 e. The summed E-state index contributed by atoms with van der Waals surface area (Å²) in [5.41, 5.74) is 0.584. The average Bonchev–Trinajstić information content (AvgIpc) is 2.97. The van der Waals surface area contributed by atoms with E-state index in [1.165, 1.54) is 9.79 Å². The van der Waals surface area contributed by atoms with Crippen LogP contribution in [-0.2, 0) is 5.60 Å². The molecule has 1 aliphatic rings. The molecule has 1 nitrogen and oxygen atoms in total. The van der Waals surface area contributed by atoms with Crippen LogP contribution in [0.4, 0.5) is 0 Å². The molecule has 1 aliphatic carbocycles. The molecule has 3 heteroatoms. The smallest absolute Gasteiger partial charge is 0.0899 e. The van der Waals surface area contributed by atoms with Gasteiger partial charge in [-0.2, -0.15) is 0 Å². The van der Waals surface area contributed by atoms with Crippen molar-refractivity contribution < 1.29 is 5.11 Å². The van der Waals surface area contributed by atoms with Crippen LogP contribution in [0.15, 0.2) is 28.0 Å². The fraction of sp³-hybridized carbons (Fsp3) is 0.455. The predicted octanol–water partition coefficient (Wildman–Crippen LogP) is 3.11. The highest BCUT2D eigenvalue weighted by Gasteiger charge is 2.42. The van der Waals surface area contributed by atoms with E-state index in [1.807, 2.05) is 0 Å². The van der Waals surface area contributed by atoms with Crippen LogP contribution in [-0.4, -0.2) is 17.6 Å². The van der Waals surface area contributed by atoms with E-state index in [0.717, 1.165) is 18.4 Å². The fourth-order valence-corrected chi connectivity index (χ4v) is 3.01. The van der Waals surface area contributed by atoms with Crippen molar-refractivity contribution in [3.8, 4) is 0 Å². The van der Waals surface area contributed by atoms with Crippen LogP contribution < -0.4 is 0 Å². The van der Waals surface area contributed by atoms with E-state index in [0.29, 0.717) is 0 Å². The molecule has 0 atom stereocenters. The molecule has 0 aromatic heterocycles. The van der Waals surface area contributed by atoms with E-state index in [-0.39, 0.29) is 0 Å². The normalized spacial score (nSPS) is 18.2. The summed E-state index contributed by atoms with van der Waals surface area (Å²) in [6.45, 7) is 0. The summed E-state index contributed by atoms with van der Waals surface area (Å²) in [7, 11) is 0. The van der Waals surface area contributed by atoms with Crippen LogP contribution in [0.5, 0.6) is 0 Å². The lowest BCUT2D eigenvalue weighted by molar-refractivity contribution is 0.151. The summed E-state index contributed by atoms with van der Waals surface area (Å²) >= 11 is 3.50. The minimum absolute atomic E-state index is 0.499. The van der Waals surface area contributed by atoms with Gasteiger partial charge in [0.05, 0.1) is 5.60 Å². The van der Waals surface area contributed by atoms with Crippen molar-refractivity contribution in [2.75, 3.05) is 12.5 Å². The van der Waals surface area contributed by atoms with Crippen LogP contribution in [0.1, 0.15) is 18.4 Å². The second kappa shape index (κ2) is 3.80. The molecule has 0 unspecified atom stereocenters. The second-order valence-corrected chi connectivity index (χ2v) is 5.30. The van der Waals surface area contributed by atoms with Gasteiger partial charge in [0.15, 0.2) is 0 Å². The maximum Gasteiger partial charge on any atom is 0.0899 e. The summed E-state index contributed by atoms with van der Waals surface area (Å²) < 4.78 is 0. The molecule has 2 rings (SSSR count). The minimum atomic E-state index is -0.499. The molecule has 1 N–H and O–H groups in total. The van der Waals surface area contributed by atoms with Gasteiger partial charge in [-0.05, 0) is 43.0 Å². The average molecular weight is 226 g/mol. The molecule has 0 spiro atoms. The summed E-state index contributed by atoms with van der Waals surface area (Å²) in [5.74, 6) is 0. The van der Waals surface area contributed by atoms with Crippen molar-refractivity contribution in [2.24, 2.45) is 0 Å². The van der Waals surface area contributed by atoms with Gasteiger partial charge in [0.25, 0.3) is 0 Å². The Morgan fingerprint density at radius 3 is 2.29 bits per heavy atom. The van der Waals surface area contributed by atoms with Gasteiger partial charge >= 0.3 is 0 Å². The lowest BCUT2D eigenvalue weighted by atomic mass is 10.1. The van der Waals surface area contributed by atoms with Gasteiger partial charge in [0.2, 0.25) is 0 Å². The molecule has 0 heterocycles. The van der Waals surface area contributed by atoms with E-state index < -0.39 is 5.60 Å². The number of rotatable bonds is 3. The molecule has 0 amide bonds. The number of benzene rings is 1. The minimum Gasteiger partial charge on any atom is -0.385 e. The lowest BCUT2D eigenvalue weighted by Crippen LogP contribution is -2.03. The lowest BCUT2D eigenvalue weighted by Gasteiger charge is -2.11. The van der Waals surface area contributed by atoms with Gasteiger partial charge in [0.1, 0.15) is 0 Å². The summed E-state index contributed by atoms with van der Waals surface area (Å²) in [5, 5.41) is 9.97. The number of hydrogen-bond acceptors (Lipinski definition) is 3. The number of hydrogen-bond donors (Lipinski definition) is 1. The topological polar surface area (TPSA) is 20.2 Å². The molecular formula is C11H14OS2. The molecule has 76 valence electrons. The highest BCUT2D eigenvalue weighted by atomic mass is 32.2. The fourth-order valence-electron chi connectivity index (χ4n) is 1.53. The zero-order valence-corrected chi connectivity index (χ0v) is 10.0. The highest BCUT2D eigenvalue weighted by Crippen LogP contribution is 2.46. The monoisotopic (exact) mass is 226 g/mol. The van der Waals surface area contributed by atoms with E-state index in [4.69, 9.17) is 0 Å². The Bertz CT molecular complexity index is 345. The first-order valence-electron chi connectivity index (χ1n) is 4.64. The number of aliphatic hydroxyl groups is 1. The summed E-state index contributed by atoms with van der Waals surface area (Å²) in [4.78, 5) is 2.57. The van der Waals surface area contributed by atoms with E-state index in [2.05, 4.69) is 30.7 Å². The predicted molar refractivity (Wildman–Crippen MR) is 63.1 cm³/mol. The molecular weight excluding hydrogens is 212 g/mol. The third kappa shape index (κ3) is 1.81. The standard InChI is InChI=1S/C11H14OS2/c1-13-9-4-3-8(7-10(9)14-2)11(12)5-6-11/h3-4,7,12H,5-6H2,1-2H3. The van der Waals surface area contributed by atoms with Gasteiger partial charge in [-0.1, -0.05) is 6.07 Å². The maximum atomic E-state index is 9.97. The Hall–Kier alpha value is -0.120. The van der Waals surface area contributed by atoms with Gasteiger partial charge in [0, 0.05) is 9.79 Å². The zero-order chi connectivity index (χ0) is 10.2. The van der Waals surface area contributed by atoms with Crippen molar-refractivity contribution in [3.05, 3.63) is 23.8 Å². The summed E-state index contributed by atoms with van der Waals surface area (Å²) in [6.07, 6.45) is 6.00. The Balaban J connectivity index is 2.36. The van der Waals surface area contributed by atoms with Crippen molar-refractivity contribution >= 4 is 23.5 Å². The van der Waals surface area contributed by atoms with Crippen LogP contribution in [0.25, 0.3) is 0 Å². The van der Waals surface area contributed by atoms with Gasteiger partial charge in [-0.25, -0.2) is 0 Å². The van der Waals surface area contributed by atoms with Crippen LogP contribution >= 0.6 is 23.5 Å². The molecule has 0 saturated heterocycles. The Morgan fingerprint density at radius 2 is 1.79 bits per heavy atom. The third-order valence-corrected chi connectivity index (χ3v) is 4.35. The first kappa shape index (κ1) is 10.4. The SMILES string of the molecule is CSc1ccc(C2(O)CC2)cc1SC. The quantitative estimate of drug-likeness (QED) is 0.800. The molecule has 0 aliphatic heterocycles. The van der Waals surface area contributed by atoms with Crippen LogP contribution in [0, 0.1) is 0 Å². The third-order valence-electron chi connectivity index (χ3n) is 2.64. The van der Waals surface area contributed by atoms with Gasteiger partial charge < -0.3 is 5.11 Å². The molecule has 0 bridgehead atoms. The van der Waals surface area contributed by atoms with Crippen molar-refractivity contribution in [3.63, 3.8) is 0 Å². The van der Waals surface area contributed by atoms with E-state index in [1.54, 1.807) is 23.5 Å². The second-order valence-electron chi connectivity index (χ2n) is 3.60. The maximum absolute atomic E-state index is 9.97. The molecule has 1 saturated carbocycles. The van der Waals surface area contributed by atoms with Gasteiger partial charge in [-0.15, -0.1) is 23.5 Å². The zero-order valence-electron chi connectivity index (χ0n) is 8.41. The molecule has 1 fully saturated rings. The first-order valence-corrected chi connectivity index (χ1v) is 7.09. The van der Waals surface area contributed by atoms with E-state index >= 15 is 0 Å². The highest BCUT2D eigenvalue weighted by molar-refractivity contribution is 8.01. The van der Waals surface area contributed by atoms with Crippen molar-refractivity contribution in [2.45, 2.75) is 28.2 Å². The summed E-state index contributed by atoms with van der Waals surface area (Å²) in [6, 6.07) is 6.30. The Kier molecular flexibility index (Phi) is 2.82. The molecule has 1 aromatic rings. The van der Waals surface area contributed by atoms with Gasteiger partial charge in [-0.3, -0.25) is 0 Å². The first-order chi connectivity index (χ1) is 6.69. The van der Waals surface area contributed by atoms with Crippen LogP contribution in [0.3, 0.4) is 0 Å². The molecule has 0 radical (unpaired) electrons. The van der Waals surface area contributed by atoms with E-state index in [9.17, 15) is 5.11 Å². The van der Waals surface area contributed by atoms with Crippen molar-refractivity contribution in [1.82, 2.24) is 0 Å². The molecule has 14 heavy (non-hydrogen) atoms. The van der Waals surface area contributed by atoms with Crippen LogP contribution in [0.2, 0.25) is 0 Å². The Morgan fingerprint density at radius 1 is 1.14 bits per heavy atom. The molecule has 1 aromatic carbocycles. The van der Waals surface area contributed by atoms with Crippen molar-refractivity contribution in [1.29, 1.82) is 0 Å². The number of thioether (sulfide) groups is 2. The Labute approximate surface area is 93.3 Å².